The maximum atomic E-state index is 12.9. The van der Waals surface area contributed by atoms with Gasteiger partial charge in [-0.3, -0.25) is 0 Å². The van der Waals surface area contributed by atoms with Crippen molar-refractivity contribution < 1.29 is 9.53 Å². The van der Waals surface area contributed by atoms with Gasteiger partial charge in [-0.05, 0) is 124 Å². The summed E-state index contributed by atoms with van der Waals surface area (Å²) in [7, 11) is 0. The first-order valence-electron chi connectivity index (χ1n) is 16.6. The van der Waals surface area contributed by atoms with Crippen molar-refractivity contribution in [2.24, 2.45) is 39.4 Å². The Morgan fingerprint density at radius 2 is 1.68 bits per heavy atom. The minimum atomic E-state index is -0.206. The van der Waals surface area contributed by atoms with Gasteiger partial charge in [0.1, 0.15) is 6.10 Å². The third-order valence-electron chi connectivity index (χ3n) is 13.1. The van der Waals surface area contributed by atoms with Crippen LogP contribution in [0.3, 0.4) is 0 Å². The molecule has 5 rings (SSSR count). The Bertz CT molecular complexity index is 1210. The Labute approximate surface area is 251 Å². The predicted octanol–water partition coefficient (Wildman–Crippen LogP) is 10.7. The van der Waals surface area contributed by atoms with Crippen molar-refractivity contribution in [2.75, 3.05) is 0 Å². The van der Waals surface area contributed by atoms with Crippen molar-refractivity contribution in [2.45, 2.75) is 126 Å². The highest BCUT2D eigenvalue weighted by Crippen LogP contribution is 2.72. The molecule has 4 aliphatic rings. The molecular weight excluding hydrogens is 500 g/mol. The standard InChI is InChI=1S/C39H56O2/c1-27(2)13-12-14-28(3)30-21-25-39(8)32-18-19-33-36(4,5)34(41-35(40)20-17-29-15-10-9-11-16-29)23-24-37(33,6)31(32)22-26-38(30,39)7/h9-11,13,15-17,20,28,30,33-34H,12,14,18-19,21-26H2,1-8H3/t28-,30+,33+,34+,37-,38+,39-/m1/s1. The van der Waals surface area contributed by atoms with Gasteiger partial charge in [0.2, 0.25) is 0 Å². The maximum Gasteiger partial charge on any atom is 0.331 e. The summed E-state index contributed by atoms with van der Waals surface area (Å²) in [5.74, 6) is 1.95. The van der Waals surface area contributed by atoms with Crippen molar-refractivity contribution in [1.82, 2.24) is 0 Å². The second kappa shape index (κ2) is 11.2. The van der Waals surface area contributed by atoms with Crippen molar-refractivity contribution in [3.05, 3.63) is 64.8 Å². The number of esters is 1. The van der Waals surface area contributed by atoms with Crippen LogP contribution in [0.5, 0.6) is 0 Å². The number of ether oxygens (including phenoxy) is 1. The van der Waals surface area contributed by atoms with E-state index in [1.807, 2.05) is 47.6 Å². The Balaban J connectivity index is 1.34. The molecule has 0 unspecified atom stereocenters. The molecule has 2 saturated carbocycles. The molecule has 0 amide bonds. The van der Waals surface area contributed by atoms with Crippen molar-refractivity contribution in [3.63, 3.8) is 0 Å². The molecule has 2 nitrogen and oxygen atoms in total. The van der Waals surface area contributed by atoms with Crippen LogP contribution in [-0.4, -0.2) is 12.1 Å². The average molecular weight is 557 g/mol. The van der Waals surface area contributed by atoms with Crippen LogP contribution in [0, 0.1) is 39.4 Å². The molecule has 0 spiro atoms. The van der Waals surface area contributed by atoms with Crippen LogP contribution < -0.4 is 0 Å². The van der Waals surface area contributed by atoms with Gasteiger partial charge in [0, 0.05) is 11.5 Å². The number of benzene rings is 1. The van der Waals surface area contributed by atoms with E-state index in [9.17, 15) is 4.79 Å². The van der Waals surface area contributed by atoms with E-state index in [1.54, 1.807) is 6.08 Å². The molecule has 0 radical (unpaired) electrons. The zero-order valence-electron chi connectivity index (χ0n) is 27.3. The van der Waals surface area contributed by atoms with Gasteiger partial charge in [-0.25, -0.2) is 4.79 Å². The second-order valence-electron chi connectivity index (χ2n) is 15.7. The molecule has 1 aromatic rings. The van der Waals surface area contributed by atoms with Gasteiger partial charge in [0.15, 0.2) is 0 Å². The SMILES string of the molecule is CC(C)=CCC[C@@H](C)[C@@H]1CC[C@]2(C)C3=C(CC[C@@]12C)[C@@]1(C)CC[C@H](OC(=O)C=Cc2ccccc2)C(C)(C)[C@@H]1CC3. The lowest BCUT2D eigenvalue weighted by molar-refractivity contribution is -0.164. The van der Waals surface area contributed by atoms with Gasteiger partial charge >= 0.3 is 5.97 Å². The zero-order valence-corrected chi connectivity index (χ0v) is 27.3. The van der Waals surface area contributed by atoms with E-state index in [1.165, 1.54) is 56.9 Å². The first-order valence-corrected chi connectivity index (χ1v) is 16.6. The van der Waals surface area contributed by atoms with Crippen LogP contribution in [0.4, 0.5) is 0 Å². The van der Waals surface area contributed by atoms with Gasteiger partial charge in [-0.15, -0.1) is 0 Å². The maximum absolute atomic E-state index is 12.9. The van der Waals surface area contributed by atoms with Crippen LogP contribution in [0.1, 0.15) is 125 Å². The highest BCUT2D eigenvalue weighted by Gasteiger charge is 2.63. The molecular formula is C39H56O2. The topological polar surface area (TPSA) is 26.3 Å². The van der Waals surface area contributed by atoms with Crippen molar-refractivity contribution in [1.29, 1.82) is 0 Å². The molecule has 0 bridgehead atoms. The predicted molar refractivity (Wildman–Crippen MR) is 172 cm³/mol. The Hall–Kier alpha value is -2.09. The first-order chi connectivity index (χ1) is 19.3. The van der Waals surface area contributed by atoms with Gasteiger partial charge < -0.3 is 4.74 Å². The van der Waals surface area contributed by atoms with E-state index in [2.05, 4.69) is 61.5 Å². The summed E-state index contributed by atoms with van der Waals surface area (Å²) in [6.45, 7) is 19.7. The molecule has 0 saturated heterocycles. The van der Waals surface area contributed by atoms with Crippen molar-refractivity contribution in [3.8, 4) is 0 Å². The smallest absolute Gasteiger partial charge is 0.331 e. The average Bonchev–Trinajstić information content (AvgIpc) is 3.21. The van der Waals surface area contributed by atoms with E-state index in [0.29, 0.717) is 16.7 Å². The largest absolute Gasteiger partial charge is 0.459 e. The molecule has 0 aromatic heterocycles. The summed E-state index contributed by atoms with van der Waals surface area (Å²) < 4.78 is 6.21. The summed E-state index contributed by atoms with van der Waals surface area (Å²) in [4.78, 5) is 12.9. The number of carbonyl (C=O) groups is 1. The fraction of sp³-hybridized carbons (Fsp3) is 0.667. The minimum Gasteiger partial charge on any atom is -0.459 e. The lowest BCUT2D eigenvalue weighted by atomic mass is 9.43. The highest BCUT2D eigenvalue weighted by atomic mass is 16.5. The Morgan fingerprint density at radius 3 is 2.39 bits per heavy atom. The molecule has 0 N–H and O–H groups in total. The Kier molecular flexibility index (Phi) is 8.30. The van der Waals surface area contributed by atoms with E-state index in [0.717, 1.165) is 30.2 Å². The number of carbonyl (C=O) groups excluding carboxylic acids is 1. The van der Waals surface area contributed by atoms with Crippen LogP contribution >= 0.6 is 0 Å². The summed E-state index contributed by atoms with van der Waals surface area (Å²) in [5.41, 5.74) is 7.06. The van der Waals surface area contributed by atoms with E-state index >= 15 is 0 Å². The molecule has 0 aliphatic heterocycles. The number of allylic oxidation sites excluding steroid dienone is 4. The fourth-order valence-electron chi connectivity index (χ4n) is 10.6. The number of rotatable bonds is 7. The summed E-state index contributed by atoms with van der Waals surface area (Å²) >= 11 is 0. The van der Waals surface area contributed by atoms with Crippen LogP contribution in [0.15, 0.2) is 59.2 Å². The van der Waals surface area contributed by atoms with Gasteiger partial charge in [0.25, 0.3) is 0 Å². The quantitative estimate of drug-likeness (QED) is 0.190. The summed E-state index contributed by atoms with van der Waals surface area (Å²) in [6, 6.07) is 10.0. The minimum absolute atomic E-state index is 0.0300. The lowest BCUT2D eigenvalue weighted by Crippen LogP contribution is -2.55. The molecule has 41 heavy (non-hydrogen) atoms. The molecule has 7 atom stereocenters. The van der Waals surface area contributed by atoms with E-state index < -0.39 is 0 Å². The number of fused-ring (bicyclic) bond motifs is 4. The van der Waals surface area contributed by atoms with Crippen LogP contribution in [0.2, 0.25) is 0 Å². The molecule has 224 valence electrons. The molecule has 1 aromatic carbocycles. The fourth-order valence-corrected chi connectivity index (χ4v) is 10.6. The molecule has 2 heteroatoms. The zero-order chi connectivity index (χ0) is 29.6. The summed E-state index contributed by atoms with van der Waals surface area (Å²) in [6.07, 6.45) is 18.3. The second-order valence-corrected chi connectivity index (χ2v) is 15.7. The van der Waals surface area contributed by atoms with Gasteiger partial charge in [-0.2, -0.15) is 0 Å². The monoisotopic (exact) mass is 556 g/mol. The highest BCUT2D eigenvalue weighted by molar-refractivity contribution is 5.87. The van der Waals surface area contributed by atoms with Gasteiger partial charge in [-0.1, -0.05) is 94.7 Å². The summed E-state index contributed by atoms with van der Waals surface area (Å²) in [5, 5.41) is 0. The van der Waals surface area contributed by atoms with Crippen LogP contribution in [0.25, 0.3) is 6.08 Å². The molecule has 0 heterocycles. The number of hydrogen-bond donors (Lipinski definition) is 0. The first kappa shape index (κ1) is 30.4. The lowest BCUT2D eigenvalue weighted by Gasteiger charge is -2.62. The Morgan fingerprint density at radius 1 is 0.951 bits per heavy atom. The third kappa shape index (κ3) is 5.21. The normalized spacial score (nSPS) is 36.7. The van der Waals surface area contributed by atoms with Crippen molar-refractivity contribution >= 4 is 12.0 Å². The molecule has 4 aliphatic carbocycles. The molecule has 2 fully saturated rings. The third-order valence-corrected chi connectivity index (χ3v) is 13.1. The van der Waals surface area contributed by atoms with E-state index in [-0.39, 0.29) is 22.9 Å². The number of hydrogen-bond acceptors (Lipinski definition) is 2. The van der Waals surface area contributed by atoms with Gasteiger partial charge in [0.05, 0.1) is 0 Å². The van der Waals surface area contributed by atoms with E-state index in [4.69, 9.17) is 4.74 Å². The van der Waals surface area contributed by atoms with Crippen LogP contribution in [-0.2, 0) is 9.53 Å².